The number of anilines is 1. The molecule has 0 spiro atoms. The first-order valence-electron chi connectivity index (χ1n) is 11.5. The van der Waals surface area contributed by atoms with Gasteiger partial charge in [-0.25, -0.2) is 4.79 Å². The molecule has 0 saturated heterocycles. The summed E-state index contributed by atoms with van der Waals surface area (Å²) < 4.78 is 2.81. The third-order valence-electron chi connectivity index (χ3n) is 6.32. The van der Waals surface area contributed by atoms with Gasteiger partial charge in [0.05, 0.1) is 21.8 Å². The van der Waals surface area contributed by atoms with E-state index in [0.29, 0.717) is 46.0 Å². The van der Waals surface area contributed by atoms with Crippen LogP contribution in [0.15, 0.2) is 50.8 Å². The second-order valence-electron chi connectivity index (χ2n) is 8.56. The summed E-state index contributed by atoms with van der Waals surface area (Å²) in [6, 6.07) is 10.6. The lowest BCUT2D eigenvalue weighted by molar-refractivity contribution is 0.316. The molecule has 0 saturated carbocycles. The van der Waals surface area contributed by atoms with Gasteiger partial charge < -0.3 is 15.1 Å². The van der Waals surface area contributed by atoms with Crippen molar-refractivity contribution in [3.8, 4) is 0 Å². The van der Waals surface area contributed by atoms with E-state index in [0.717, 1.165) is 19.6 Å². The van der Waals surface area contributed by atoms with Crippen molar-refractivity contribution in [2.75, 3.05) is 52.1 Å². The summed E-state index contributed by atoms with van der Waals surface area (Å²) in [5.74, 6) is 0. The average molecular weight is 486 g/mol. The number of fused-ring (bicyclic) bond motifs is 2. The zero-order chi connectivity index (χ0) is 23.7. The molecule has 2 aromatic carbocycles. The summed E-state index contributed by atoms with van der Waals surface area (Å²) in [6.45, 7) is 8.43. The van der Waals surface area contributed by atoms with Gasteiger partial charge in [0.1, 0.15) is 0 Å². The lowest BCUT2D eigenvalue weighted by atomic mass is 10.0. The zero-order valence-electron chi connectivity index (χ0n) is 20.1. The number of nitrogens with one attached hydrogen (secondary N) is 1. The van der Waals surface area contributed by atoms with Crippen LogP contribution in [0.5, 0.6) is 0 Å². The summed E-state index contributed by atoms with van der Waals surface area (Å²) in [7, 11) is 3.80. The molecule has 0 aliphatic carbocycles. The van der Waals surface area contributed by atoms with Gasteiger partial charge >= 0.3 is 5.69 Å². The number of benzene rings is 2. The molecule has 0 bridgehead atoms. The summed E-state index contributed by atoms with van der Waals surface area (Å²) in [4.78, 5) is 44.7. The molecule has 0 amide bonds. The van der Waals surface area contributed by atoms with Gasteiger partial charge in [0.15, 0.2) is 5.43 Å². The standard InChI is InChI=1S/C25H31N5O3.ClH/c1-5-28(6-2)14-13-26-19-12-11-18-22-21(19)23(31)17-9-7-8-10-20(17)30(22)25(33)29(24(18)32)16-15-27(3)4;/h7-12,26H,5-6,13-16H2,1-4H3;1H. The van der Waals surface area contributed by atoms with Crippen LogP contribution in [0.1, 0.15) is 13.8 Å². The quantitative estimate of drug-likeness (QED) is 0.289. The number of hydrogen-bond acceptors (Lipinski definition) is 6. The maximum atomic E-state index is 13.6. The van der Waals surface area contributed by atoms with E-state index in [-0.39, 0.29) is 29.9 Å². The molecule has 0 unspecified atom stereocenters. The molecule has 4 aromatic rings. The van der Waals surface area contributed by atoms with Crippen molar-refractivity contribution in [1.82, 2.24) is 18.8 Å². The molecular weight excluding hydrogens is 454 g/mol. The van der Waals surface area contributed by atoms with Crippen molar-refractivity contribution in [2.45, 2.75) is 20.4 Å². The Kier molecular flexibility index (Phi) is 7.97. The normalized spacial score (nSPS) is 11.7. The van der Waals surface area contributed by atoms with E-state index in [1.165, 1.54) is 8.97 Å². The van der Waals surface area contributed by atoms with Crippen LogP contribution >= 0.6 is 12.4 Å². The van der Waals surface area contributed by atoms with Gasteiger partial charge in [-0.1, -0.05) is 26.0 Å². The second-order valence-corrected chi connectivity index (χ2v) is 8.56. The minimum Gasteiger partial charge on any atom is -0.383 e. The molecule has 2 heterocycles. The number of pyridine rings is 1. The third kappa shape index (κ3) is 4.41. The summed E-state index contributed by atoms with van der Waals surface area (Å²) in [5, 5.41) is 4.60. The van der Waals surface area contributed by atoms with Gasteiger partial charge in [0.25, 0.3) is 5.56 Å². The first-order valence-corrected chi connectivity index (χ1v) is 11.5. The smallest absolute Gasteiger partial charge is 0.336 e. The molecule has 8 nitrogen and oxygen atoms in total. The van der Waals surface area contributed by atoms with E-state index in [4.69, 9.17) is 0 Å². The highest BCUT2D eigenvalue weighted by Crippen LogP contribution is 2.26. The van der Waals surface area contributed by atoms with Gasteiger partial charge in [-0.05, 0) is 51.5 Å². The molecule has 4 rings (SSSR count). The maximum Gasteiger partial charge on any atom is 0.336 e. The van der Waals surface area contributed by atoms with Crippen molar-refractivity contribution in [2.24, 2.45) is 0 Å². The summed E-state index contributed by atoms with van der Waals surface area (Å²) >= 11 is 0. The van der Waals surface area contributed by atoms with Gasteiger partial charge in [0.2, 0.25) is 0 Å². The number of aromatic nitrogens is 2. The van der Waals surface area contributed by atoms with Crippen molar-refractivity contribution in [1.29, 1.82) is 0 Å². The van der Waals surface area contributed by atoms with Crippen molar-refractivity contribution < 1.29 is 0 Å². The van der Waals surface area contributed by atoms with Crippen LogP contribution in [0.2, 0.25) is 0 Å². The van der Waals surface area contributed by atoms with E-state index < -0.39 is 5.69 Å². The molecular formula is C25H32ClN5O3. The van der Waals surface area contributed by atoms with Crippen LogP contribution in [0.25, 0.3) is 27.2 Å². The minimum atomic E-state index is -0.421. The average Bonchev–Trinajstić information content (AvgIpc) is 2.81. The highest BCUT2D eigenvalue weighted by atomic mass is 35.5. The first-order chi connectivity index (χ1) is 15.9. The molecule has 0 aliphatic heterocycles. The Bertz CT molecular complexity index is 1470. The molecule has 34 heavy (non-hydrogen) atoms. The van der Waals surface area contributed by atoms with Gasteiger partial charge in [-0.15, -0.1) is 12.4 Å². The summed E-state index contributed by atoms with van der Waals surface area (Å²) in [5.41, 5.74) is 0.595. The van der Waals surface area contributed by atoms with E-state index in [1.54, 1.807) is 36.4 Å². The number of halogens is 1. The Morgan fingerprint density at radius 3 is 2.29 bits per heavy atom. The fourth-order valence-corrected chi connectivity index (χ4v) is 4.43. The Morgan fingerprint density at radius 1 is 0.912 bits per heavy atom. The molecule has 9 heteroatoms. The zero-order valence-corrected chi connectivity index (χ0v) is 20.9. The van der Waals surface area contributed by atoms with Crippen LogP contribution in [0.3, 0.4) is 0 Å². The van der Waals surface area contributed by atoms with Crippen LogP contribution in [0, 0.1) is 0 Å². The fourth-order valence-electron chi connectivity index (χ4n) is 4.43. The number of likely N-dealkylation sites (N-methyl/N-ethyl adjacent to an activating group) is 2. The number of para-hydroxylation sites is 1. The Labute approximate surface area is 204 Å². The molecule has 0 fully saturated rings. The molecule has 1 N–H and O–H groups in total. The van der Waals surface area contributed by atoms with E-state index in [2.05, 4.69) is 24.1 Å². The van der Waals surface area contributed by atoms with Gasteiger partial charge in [-0.3, -0.25) is 18.6 Å². The van der Waals surface area contributed by atoms with E-state index >= 15 is 0 Å². The van der Waals surface area contributed by atoms with Gasteiger partial charge in [-0.2, -0.15) is 0 Å². The Hall–Kier alpha value is -2.94. The largest absolute Gasteiger partial charge is 0.383 e. The van der Waals surface area contributed by atoms with Crippen LogP contribution in [0.4, 0.5) is 5.69 Å². The van der Waals surface area contributed by atoms with E-state index in [1.807, 2.05) is 19.0 Å². The Morgan fingerprint density at radius 2 is 1.62 bits per heavy atom. The topological polar surface area (TPSA) is 79.1 Å². The molecule has 0 radical (unpaired) electrons. The molecule has 0 aliphatic rings. The van der Waals surface area contributed by atoms with Crippen LogP contribution < -0.4 is 22.0 Å². The first kappa shape index (κ1) is 25.7. The predicted molar refractivity (Wildman–Crippen MR) is 142 cm³/mol. The van der Waals surface area contributed by atoms with Crippen molar-refractivity contribution >= 4 is 45.3 Å². The minimum absolute atomic E-state index is 0. The Balaban J connectivity index is 0.00000324. The van der Waals surface area contributed by atoms with E-state index in [9.17, 15) is 14.4 Å². The van der Waals surface area contributed by atoms with Crippen LogP contribution in [-0.4, -0.2) is 65.6 Å². The lowest BCUT2D eigenvalue weighted by Crippen LogP contribution is -2.40. The van der Waals surface area contributed by atoms with Crippen LogP contribution in [-0.2, 0) is 6.54 Å². The molecule has 182 valence electrons. The van der Waals surface area contributed by atoms with Crippen molar-refractivity contribution in [3.63, 3.8) is 0 Å². The SMILES string of the molecule is CCN(CC)CCNc1ccc2c(=O)n(CCN(C)C)c(=O)n3c4ccccc4c(=O)c1c23.Cl. The lowest BCUT2D eigenvalue weighted by Gasteiger charge is -2.20. The number of nitrogens with zero attached hydrogens (tertiary/aromatic N) is 4. The fraction of sp³-hybridized carbons (Fsp3) is 0.400. The molecule has 0 atom stereocenters. The molecule has 2 aromatic heterocycles. The maximum absolute atomic E-state index is 13.6. The predicted octanol–water partition coefficient (Wildman–Crippen LogP) is 2.30. The number of hydrogen-bond donors (Lipinski definition) is 1. The number of rotatable bonds is 9. The van der Waals surface area contributed by atoms with Crippen molar-refractivity contribution in [3.05, 3.63) is 67.5 Å². The highest BCUT2D eigenvalue weighted by molar-refractivity contribution is 6.07. The monoisotopic (exact) mass is 485 g/mol. The third-order valence-corrected chi connectivity index (χ3v) is 6.32. The van der Waals surface area contributed by atoms with Gasteiger partial charge in [0, 0.05) is 37.3 Å². The highest BCUT2D eigenvalue weighted by Gasteiger charge is 2.20. The summed E-state index contributed by atoms with van der Waals surface area (Å²) in [6.07, 6.45) is 0. The second kappa shape index (κ2) is 10.5.